The van der Waals surface area contributed by atoms with Crippen molar-refractivity contribution in [3.05, 3.63) is 66.0 Å². The van der Waals surface area contributed by atoms with Gasteiger partial charge in [0.25, 0.3) is 0 Å². The smallest absolute Gasteiger partial charge is 0.0312 e. The van der Waals surface area contributed by atoms with Gasteiger partial charge in [-0.1, -0.05) is 43.3 Å². The average Bonchev–Trinajstić information content (AvgIpc) is 2.41. The van der Waals surface area contributed by atoms with Gasteiger partial charge in [-0.2, -0.15) is 0 Å². The van der Waals surface area contributed by atoms with E-state index < -0.39 is 0 Å². The van der Waals surface area contributed by atoms with E-state index in [1.807, 2.05) is 12.3 Å². The molecule has 1 atom stereocenters. The Morgan fingerprint density at radius 2 is 1.89 bits per heavy atom. The lowest BCUT2D eigenvalue weighted by Gasteiger charge is -2.12. The van der Waals surface area contributed by atoms with Crippen molar-refractivity contribution >= 4 is 12.4 Å². The molecule has 2 aromatic rings. The van der Waals surface area contributed by atoms with E-state index in [9.17, 15) is 0 Å². The molecule has 0 aliphatic heterocycles. The fourth-order valence-electron chi connectivity index (χ4n) is 1.84. The second-order valence-corrected chi connectivity index (χ2v) is 4.30. The first kappa shape index (κ1) is 14.7. The minimum absolute atomic E-state index is 0. The van der Waals surface area contributed by atoms with E-state index in [2.05, 4.69) is 53.6 Å². The molecule has 0 saturated carbocycles. The monoisotopic (exact) mass is 262 g/mol. The van der Waals surface area contributed by atoms with Gasteiger partial charge < -0.3 is 5.32 Å². The lowest BCUT2D eigenvalue weighted by atomic mass is 10.0. The maximum absolute atomic E-state index is 4.10. The summed E-state index contributed by atoms with van der Waals surface area (Å²) in [4.78, 5) is 4.10. The van der Waals surface area contributed by atoms with Crippen molar-refractivity contribution in [2.45, 2.75) is 19.4 Å². The van der Waals surface area contributed by atoms with Gasteiger partial charge in [0.15, 0.2) is 0 Å². The van der Waals surface area contributed by atoms with Crippen molar-refractivity contribution < 1.29 is 0 Å². The highest BCUT2D eigenvalue weighted by atomic mass is 35.5. The standard InChI is InChI=1S/C15H18N2.ClH/c1-13(15-7-3-2-4-8-15)10-17-12-14-6-5-9-16-11-14;/h2-9,11,13,17H,10,12H2,1H3;1H. The average molecular weight is 263 g/mol. The molecule has 1 aromatic heterocycles. The number of pyridine rings is 1. The Kier molecular flexibility index (Phi) is 6.40. The molecule has 1 aromatic carbocycles. The highest BCUT2D eigenvalue weighted by Crippen LogP contribution is 2.13. The quantitative estimate of drug-likeness (QED) is 0.893. The SMILES string of the molecule is CC(CNCc1cccnc1)c1ccccc1.Cl. The highest BCUT2D eigenvalue weighted by molar-refractivity contribution is 5.85. The maximum Gasteiger partial charge on any atom is 0.0312 e. The zero-order chi connectivity index (χ0) is 11.9. The first-order valence-corrected chi connectivity index (χ1v) is 6.01. The Labute approximate surface area is 115 Å². The zero-order valence-corrected chi connectivity index (χ0v) is 11.4. The number of nitrogens with one attached hydrogen (secondary N) is 1. The summed E-state index contributed by atoms with van der Waals surface area (Å²) in [6.07, 6.45) is 3.70. The Balaban J connectivity index is 0.00000162. The normalized spacial score (nSPS) is 11.6. The molecule has 0 saturated heterocycles. The van der Waals surface area contributed by atoms with Crippen molar-refractivity contribution in [2.75, 3.05) is 6.54 Å². The predicted molar refractivity (Wildman–Crippen MR) is 78.0 cm³/mol. The summed E-state index contributed by atoms with van der Waals surface area (Å²) in [6.45, 7) is 4.11. The molecule has 0 aliphatic rings. The van der Waals surface area contributed by atoms with Crippen molar-refractivity contribution in [1.29, 1.82) is 0 Å². The third kappa shape index (κ3) is 4.47. The molecule has 3 heteroatoms. The minimum atomic E-state index is 0. The molecule has 18 heavy (non-hydrogen) atoms. The van der Waals surface area contributed by atoms with E-state index in [1.165, 1.54) is 11.1 Å². The predicted octanol–water partition coefficient (Wildman–Crippen LogP) is 3.40. The summed E-state index contributed by atoms with van der Waals surface area (Å²) in [6, 6.07) is 14.6. The molecule has 1 unspecified atom stereocenters. The van der Waals surface area contributed by atoms with Crippen LogP contribution >= 0.6 is 12.4 Å². The van der Waals surface area contributed by atoms with Crippen molar-refractivity contribution in [1.82, 2.24) is 10.3 Å². The van der Waals surface area contributed by atoms with Gasteiger partial charge in [-0.25, -0.2) is 0 Å². The third-order valence-corrected chi connectivity index (χ3v) is 2.87. The van der Waals surface area contributed by atoms with Gasteiger partial charge in [0, 0.05) is 25.5 Å². The van der Waals surface area contributed by atoms with E-state index in [-0.39, 0.29) is 12.4 Å². The summed E-state index contributed by atoms with van der Waals surface area (Å²) < 4.78 is 0. The second-order valence-electron chi connectivity index (χ2n) is 4.30. The molecule has 0 radical (unpaired) electrons. The fourth-order valence-corrected chi connectivity index (χ4v) is 1.84. The first-order chi connectivity index (χ1) is 8.36. The number of nitrogens with zero attached hydrogens (tertiary/aromatic N) is 1. The van der Waals surface area contributed by atoms with Crippen LogP contribution in [0, 0.1) is 0 Å². The number of benzene rings is 1. The van der Waals surface area contributed by atoms with Crippen LogP contribution in [0.15, 0.2) is 54.9 Å². The molecule has 2 nitrogen and oxygen atoms in total. The van der Waals surface area contributed by atoms with Crippen LogP contribution < -0.4 is 5.32 Å². The van der Waals surface area contributed by atoms with Crippen LogP contribution in [-0.4, -0.2) is 11.5 Å². The van der Waals surface area contributed by atoms with Crippen LogP contribution in [0.2, 0.25) is 0 Å². The summed E-state index contributed by atoms with van der Waals surface area (Å²) in [5.74, 6) is 0.535. The number of rotatable bonds is 5. The molecule has 0 spiro atoms. The van der Waals surface area contributed by atoms with E-state index in [0.29, 0.717) is 5.92 Å². The number of aromatic nitrogens is 1. The van der Waals surface area contributed by atoms with Crippen molar-refractivity contribution in [2.24, 2.45) is 0 Å². The van der Waals surface area contributed by atoms with Gasteiger partial charge in [-0.15, -0.1) is 12.4 Å². The van der Waals surface area contributed by atoms with Crippen LogP contribution in [0.1, 0.15) is 24.0 Å². The Hall–Kier alpha value is -1.38. The van der Waals surface area contributed by atoms with Crippen LogP contribution in [0.25, 0.3) is 0 Å². The maximum atomic E-state index is 4.10. The molecular weight excluding hydrogens is 244 g/mol. The second kappa shape index (κ2) is 7.85. The lowest BCUT2D eigenvalue weighted by Crippen LogP contribution is -2.19. The molecule has 96 valence electrons. The van der Waals surface area contributed by atoms with Crippen molar-refractivity contribution in [3.63, 3.8) is 0 Å². The highest BCUT2D eigenvalue weighted by Gasteiger charge is 2.03. The minimum Gasteiger partial charge on any atom is -0.312 e. The van der Waals surface area contributed by atoms with Crippen LogP contribution in [0.4, 0.5) is 0 Å². The molecule has 0 aliphatic carbocycles. The Bertz CT molecular complexity index is 431. The summed E-state index contributed by atoms with van der Waals surface area (Å²) in [7, 11) is 0. The van der Waals surface area contributed by atoms with Gasteiger partial charge >= 0.3 is 0 Å². The largest absolute Gasteiger partial charge is 0.312 e. The van der Waals surface area contributed by atoms with Gasteiger partial charge in [0.2, 0.25) is 0 Å². The Morgan fingerprint density at radius 1 is 1.11 bits per heavy atom. The van der Waals surface area contributed by atoms with Crippen LogP contribution in [0.5, 0.6) is 0 Å². The van der Waals surface area contributed by atoms with Gasteiger partial charge in [-0.05, 0) is 23.1 Å². The molecule has 0 bridgehead atoms. The summed E-state index contributed by atoms with van der Waals surface area (Å²) in [5.41, 5.74) is 2.61. The molecule has 0 fully saturated rings. The van der Waals surface area contributed by atoms with E-state index in [1.54, 1.807) is 6.20 Å². The number of halogens is 1. The zero-order valence-electron chi connectivity index (χ0n) is 10.5. The van der Waals surface area contributed by atoms with Gasteiger partial charge in [0.05, 0.1) is 0 Å². The molecule has 2 rings (SSSR count). The molecule has 1 heterocycles. The van der Waals surface area contributed by atoms with Gasteiger partial charge in [-0.3, -0.25) is 4.98 Å². The fraction of sp³-hybridized carbons (Fsp3) is 0.267. The first-order valence-electron chi connectivity index (χ1n) is 6.01. The van der Waals surface area contributed by atoms with E-state index in [0.717, 1.165) is 13.1 Å². The van der Waals surface area contributed by atoms with Gasteiger partial charge in [0.1, 0.15) is 0 Å². The van der Waals surface area contributed by atoms with Crippen LogP contribution in [0.3, 0.4) is 0 Å². The van der Waals surface area contributed by atoms with Crippen LogP contribution in [-0.2, 0) is 6.54 Å². The topological polar surface area (TPSA) is 24.9 Å². The molecule has 0 amide bonds. The number of hydrogen-bond donors (Lipinski definition) is 1. The molecule has 1 N–H and O–H groups in total. The summed E-state index contributed by atoms with van der Waals surface area (Å²) in [5, 5.41) is 3.46. The van der Waals surface area contributed by atoms with E-state index in [4.69, 9.17) is 0 Å². The van der Waals surface area contributed by atoms with E-state index >= 15 is 0 Å². The lowest BCUT2D eigenvalue weighted by molar-refractivity contribution is 0.614. The molecular formula is C15H19ClN2. The number of hydrogen-bond acceptors (Lipinski definition) is 2. The van der Waals surface area contributed by atoms with Crippen molar-refractivity contribution in [3.8, 4) is 0 Å². The summed E-state index contributed by atoms with van der Waals surface area (Å²) >= 11 is 0. The third-order valence-electron chi connectivity index (χ3n) is 2.87. The Morgan fingerprint density at radius 3 is 2.56 bits per heavy atom.